The van der Waals surface area contributed by atoms with Crippen LogP contribution in [0.4, 0.5) is 0 Å². The third kappa shape index (κ3) is 1.99. The molecular weight excluding hydrogens is 285 g/mol. The predicted octanol–water partition coefficient (Wildman–Crippen LogP) is 2.92. The maximum Gasteiger partial charge on any atom is 0.0913 e. The van der Waals surface area contributed by atoms with Crippen molar-refractivity contribution in [2.24, 2.45) is 11.1 Å². The maximum absolute atomic E-state index is 10.8. The molecule has 3 N–H and O–H groups in total. The number of benzene rings is 1. The fourth-order valence-electron chi connectivity index (χ4n) is 3.51. The van der Waals surface area contributed by atoms with Gasteiger partial charge in [0.2, 0.25) is 0 Å². The van der Waals surface area contributed by atoms with Crippen molar-refractivity contribution in [3.63, 3.8) is 0 Å². The SMILES string of the molecule is NCC1(C(O)c2c(Cl)cccc2Cl)CC2CCC1O2. The highest BCUT2D eigenvalue weighted by Gasteiger charge is 2.56. The van der Waals surface area contributed by atoms with Crippen LogP contribution in [0.25, 0.3) is 0 Å². The summed E-state index contributed by atoms with van der Waals surface area (Å²) in [6, 6.07) is 5.25. The lowest BCUT2D eigenvalue weighted by atomic mass is 9.68. The van der Waals surface area contributed by atoms with Crippen molar-refractivity contribution in [2.45, 2.75) is 37.6 Å². The molecule has 2 heterocycles. The second-order valence-electron chi connectivity index (χ2n) is 5.50. The average Bonchev–Trinajstić information content (AvgIpc) is 2.99. The summed E-state index contributed by atoms with van der Waals surface area (Å²) in [7, 11) is 0. The zero-order chi connectivity index (χ0) is 13.6. The second kappa shape index (κ2) is 4.90. The van der Waals surface area contributed by atoms with Crippen LogP contribution < -0.4 is 5.73 Å². The molecule has 4 unspecified atom stereocenters. The van der Waals surface area contributed by atoms with Crippen LogP contribution in [-0.4, -0.2) is 23.9 Å². The minimum Gasteiger partial charge on any atom is -0.388 e. The van der Waals surface area contributed by atoms with Gasteiger partial charge in [0.15, 0.2) is 0 Å². The number of ether oxygens (including phenoxy) is 1. The molecule has 0 aliphatic carbocycles. The first-order valence-electron chi connectivity index (χ1n) is 6.56. The van der Waals surface area contributed by atoms with E-state index in [2.05, 4.69) is 0 Å². The lowest BCUT2D eigenvalue weighted by Crippen LogP contribution is -2.44. The third-order valence-electron chi connectivity index (χ3n) is 4.55. The van der Waals surface area contributed by atoms with Crippen LogP contribution in [0.1, 0.15) is 30.9 Å². The first-order chi connectivity index (χ1) is 9.08. The molecule has 19 heavy (non-hydrogen) atoms. The number of aliphatic hydroxyl groups is 1. The first-order valence-corrected chi connectivity index (χ1v) is 7.31. The van der Waals surface area contributed by atoms with Gasteiger partial charge in [-0.05, 0) is 31.4 Å². The van der Waals surface area contributed by atoms with Gasteiger partial charge in [-0.1, -0.05) is 29.3 Å². The minimum atomic E-state index is -0.783. The van der Waals surface area contributed by atoms with Crippen LogP contribution in [-0.2, 0) is 4.74 Å². The van der Waals surface area contributed by atoms with Gasteiger partial charge in [0.25, 0.3) is 0 Å². The van der Waals surface area contributed by atoms with Crippen LogP contribution in [0, 0.1) is 5.41 Å². The molecule has 3 nitrogen and oxygen atoms in total. The summed E-state index contributed by atoms with van der Waals surface area (Å²) in [4.78, 5) is 0. The van der Waals surface area contributed by atoms with Crippen molar-refractivity contribution in [3.05, 3.63) is 33.8 Å². The van der Waals surface area contributed by atoms with E-state index in [-0.39, 0.29) is 12.2 Å². The van der Waals surface area contributed by atoms with E-state index in [1.54, 1.807) is 18.2 Å². The molecular formula is C14H17Cl2NO2. The Labute approximate surface area is 122 Å². The van der Waals surface area contributed by atoms with Gasteiger partial charge in [-0.3, -0.25) is 0 Å². The largest absolute Gasteiger partial charge is 0.388 e. The van der Waals surface area contributed by atoms with E-state index >= 15 is 0 Å². The number of aliphatic hydroxyl groups excluding tert-OH is 1. The highest BCUT2D eigenvalue weighted by molar-refractivity contribution is 6.36. The lowest BCUT2D eigenvalue weighted by molar-refractivity contribution is -0.0262. The molecule has 2 saturated heterocycles. The summed E-state index contributed by atoms with van der Waals surface area (Å²) >= 11 is 12.4. The van der Waals surface area contributed by atoms with Gasteiger partial charge in [0.05, 0.1) is 18.3 Å². The van der Waals surface area contributed by atoms with E-state index in [1.807, 2.05) is 0 Å². The molecule has 0 radical (unpaired) electrons. The maximum atomic E-state index is 10.8. The fourth-order valence-corrected chi connectivity index (χ4v) is 4.11. The van der Waals surface area contributed by atoms with Gasteiger partial charge in [-0.15, -0.1) is 0 Å². The summed E-state index contributed by atoms with van der Waals surface area (Å²) in [5.41, 5.74) is 6.08. The van der Waals surface area contributed by atoms with Crippen LogP contribution in [0.2, 0.25) is 10.0 Å². The van der Waals surface area contributed by atoms with E-state index in [1.165, 1.54) is 0 Å². The highest BCUT2D eigenvalue weighted by Crippen LogP contribution is 2.55. The zero-order valence-electron chi connectivity index (χ0n) is 10.5. The summed E-state index contributed by atoms with van der Waals surface area (Å²) in [6.45, 7) is 0.372. The molecule has 2 aliphatic rings. The van der Waals surface area contributed by atoms with Crippen LogP contribution in [0.15, 0.2) is 18.2 Å². The Morgan fingerprint density at radius 2 is 2.05 bits per heavy atom. The summed E-state index contributed by atoms with van der Waals surface area (Å²) < 4.78 is 5.88. The standard InChI is InChI=1S/C14H17Cl2NO2/c15-9-2-1-3-10(16)12(9)13(18)14(7-17)6-8-4-5-11(14)19-8/h1-3,8,11,13,18H,4-7,17H2. The Kier molecular flexibility index (Phi) is 3.52. The Bertz CT molecular complexity index is 476. The van der Waals surface area contributed by atoms with Crippen molar-refractivity contribution in [3.8, 4) is 0 Å². The number of halogens is 2. The number of nitrogens with two attached hydrogens (primary N) is 1. The fraction of sp³-hybridized carbons (Fsp3) is 0.571. The third-order valence-corrected chi connectivity index (χ3v) is 5.21. The Balaban J connectivity index is 2.01. The van der Waals surface area contributed by atoms with E-state index in [9.17, 15) is 5.11 Å². The van der Waals surface area contributed by atoms with Crippen molar-refractivity contribution >= 4 is 23.2 Å². The molecule has 0 spiro atoms. The number of rotatable bonds is 3. The first kappa shape index (κ1) is 13.7. The second-order valence-corrected chi connectivity index (χ2v) is 6.32. The van der Waals surface area contributed by atoms with Crippen molar-refractivity contribution in [1.29, 1.82) is 0 Å². The quantitative estimate of drug-likeness (QED) is 0.902. The van der Waals surface area contributed by atoms with Gasteiger partial charge in [0, 0.05) is 27.6 Å². The van der Waals surface area contributed by atoms with E-state index in [0.717, 1.165) is 19.3 Å². The molecule has 4 atom stereocenters. The van der Waals surface area contributed by atoms with Gasteiger partial charge in [-0.25, -0.2) is 0 Å². The van der Waals surface area contributed by atoms with Gasteiger partial charge < -0.3 is 15.6 Å². The number of hydrogen-bond donors (Lipinski definition) is 2. The molecule has 1 aromatic carbocycles. The predicted molar refractivity (Wildman–Crippen MR) is 75.4 cm³/mol. The normalized spacial score (nSPS) is 34.7. The molecule has 0 saturated carbocycles. The zero-order valence-corrected chi connectivity index (χ0v) is 12.0. The summed E-state index contributed by atoms with van der Waals surface area (Å²) in [6.07, 6.45) is 2.20. The smallest absolute Gasteiger partial charge is 0.0913 e. The van der Waals surface area contributed by atoms with Crippen LogP contribution in [0.5, 0.6) is 0 Å². The average molecular weight is 302 g/mol. The van der Waals surface area contributed by atoms with Gasteiger partial charge in [0.1, 0.15) is 0 Å². The Morgan fingerprint density at radius 1 is 1.37 bits per heavy atom. The monoisotopic (exact) mass is 301 g/mol. The molecule has 0 aromatic heterocycles. The van der Waals surface area contributed by atoms with Crippen molar-refractivity contribution in [1.82, 2.24) is 0 Å². The minimum absolute atomic E-state index is 0.00448. The molecule has 5 heteroatoms. The molecule has 2 fully saturated rings. The van der Waals surface area contributed by atoms with E-state index in [4.69, 9.17) is 33.7 Å². The highest BCUT2D eigenvalue weighted by atomic mass is 35.5. The molecule has 104 valence electrons. The van der Waals surface area contributed by atoms with Crippen molar-refractivity contribution in [2.75, 3.05) is 6.54 Å². The molecule has 1 aromatic rings. The van der Waals surface area contributed by atoms with Gasteiger partial charge >= 0.3 is 0 Å². The number of hydrogen-bond acceptors (Lipinski definition) is 3. The molecule has 2 aliphatic heterocycles. The van der Waals surface area contributed by atoms with E-state index < -0.39 is 11.5 Å². The van der Waals surface area contributed by atoms with Crippen LogP contribution in [0.3, 0.4) is 0 Å². The number of fused-ring (bicyclic) bond motifs is 2. The van der Waals surface area contributed by atoms with Crippen molar-refractivity contribution < 1.29 is 9.84 Å². The molecule has 0 amide bonds. The summed E-state index contributed by atoms with van der Waals surface area (Å²) in [5.74, 6) is 0. The molecule has 3 rings (SSSR count). The van der Waals surface area contributed by atoms with Gasteiger partial charge in [-0.2, -0.15) is 0 Å². The lowest BCUT2D eigenvalue weighted by Gasteiger charge is -2.39. The molecule has 2 bridgehead atoms. The topological polar surface area (TPSA) is 55.5 Å². The Morgan fingerprint density at radius 3 is 2.53 bits per heavy atom. The van der Waals surface area contributed by atoms with Crippen LogP contribution >= 0.6 is 23.2 Å². The summed E-state index contributed by atoms with van der Waals surface area (Å²) in [5, 5.41) is 11.8. The van der Waals surface area contributed by atoms with E-state index in [0.29, 0.717) is 22.2 Å². The Hall–Kier alpha value is -0.320.